The molecule has 0 radical (unpaired) electrons. The van der Waals surface area contributed by atoms with Crippen LogP contribution in [0.15, 0.2) is 0 Å². The predicted molar refractivity (Wildman–Crippen MR) is 252 cm³/mol. The van der Waals surface area contributed by atoms with E-state index in [0.29, 0.717) is 19.3 Å². The number of ether oxygens (including phenoxy) is 3. The van der Waals surface area contributed by atoms with Crippen LogP contribution in [0.5, 0.6) is 0 Å². The number of rotatable bonds is 47. The van der Waals surface area contributed by atoms with Gasteiger partial charge in [0.2, 0.25) is 0 Å². The van der Waals surface area contributed by atoms with Gasteiger partial charge in [-0.25, -0.2) is 0 Å². The van der Waals surface area contributed by atoms with Gasteiger partial charge in [-0.1, -0.05) is 253 Å². The molecule has 0 rings (SSSR count). The summed E-state index contributed by atoms with van der Waals surface area (Å²) in [5, 5.41) is 0. The summed E-state index contributed by atoms with van der Waals surface area (Å²) in [4.78, 5) is 37.9. The van der Waals surface area contributed by atoms with Gasteiger partial charge in [-0.15, -0.1) is 0 Å². The van der Waals surface area contributed by atoms with Crippen LogP contribution in [0.2, 0.25) is 0 Å². The Morgan fingerprint density at radius 3 is 0.831 bits per heavy atom. The van der Waals surface area contributed by atoms with Gasteiger partial charge < -0.3 is 14.2 Å². The molecule has 0 aliphatic rings. The molecule has 0 amide bonds. The lowest BCUT2D eigenvalue weighted by molar-refractivity contribution is -0.167. The topological polar surface area (TPSA) is 78.9 Å². The normalized spacial score (nSPS) is 12.1. The van der Waals surface area contributed by atoms with Crippen molar-refractivity contribution in [2.75, 3.05) is 13.2 Å². The third kappa shape index (κ3) is 47.3. The van der Waals surface area contributed by atoms with Crippen molar-refractivity contribution >= 4 is 17.9 Å². The lowest BCUT2D eigenvalue weighted by Gasteiger charge is -2.18. The van der Waals surface area contributed by atoms with Gasteiger partial charge in [0.1, 0.15) is 13.2 Å². The standard InChI is InChI=1S/C53H102O6/c1-6-7-8-9-10-11-12-13-14-15-16-17-18-21-24-27-33-38-43-51(54)57-46-50(59-53(56)45-40-35-30-29-32-37-42-49(4)5)47-58-52(55)44-39-34-28-25-22-19-20-23-26-31-36-41-48(2)3/h48-50H,6-47H2,1-5H3/t50-/m0/s1. The van der Waals surface area contributed by atoms with Crippen LogP contribution in [0.3, 0.4) is 0 Å². The van der Waals surface area contributed by atoms with Crippen LogP contribution < -0.4 is 0 Å². The molecule has 0 aromatic rings. The Bertz CT molecular complexity index is 900. The molecular weight excluding hydrogens is 733 g/mol. The Labute approximate surface area is 368 Å². The summed E-state index contributed by atoms with van der Waals surface area (Å²) in [5.74, 6) is 0.732. The predicted octanol–water partition coefficient (Wildman–Crippen LogP) is 16.9. The minimum Gasteiger partial charge on any atom is -0.462 e. The molecule has 0 saturated heterocycles. The molecule has 0 saturated carbocycles. The van der Waals surface area contributed by atoms with Gasteiger partial charge in [-0.3, -0.25) is 14.4 Å². The molecule has 0 fully saturated rings. The lowest BCUT2D eigenvalue weighted by Crippen LogP contribution is -2.30. The number of hydrogen-bond donors (Lipinski definition) is 0. The number of carbonyl (C=O) groups is 3. The molecule has 350 valence electrons. The first-order valence-electron chi connectivity index (χ1n) is 26.2. The minimum absolute atomic E-state index is 0.0648. The fourth-order valence-corrected chi connectivity index (χ4v) is 7.99. The van der Waals surface area contributed by atoms with Crippen LogP contribution in [0.4, 0.5) is 0 Å². The van der Waals surface area contributed by atoms with E-state index in [4.69, 9.17) is 14.2 Å². The first-order chi connectivity index (χ1) is 28.7. The summed E-state index contributed by atoms with van der Waals surface area (Å²) < 4.78 is 16.8. The Morgan fingerprint density at radius 1 is 0.322 bits per heavy atom. The fourth-order valence-electron chi connectivity index (χ4n) is 7.99. The monoisotopic (exact) mass is 835 g/mol. The molecule has 0 spiro atoms. The third-order valence-electron chi connectivity index (χ3n) is 12.0. The van der Waals surface area contributed by atoms with Gasteiger partial charge >= 0.3 is 17.9 Å². The van der Waals surface area contributed by atoms with Gasteiger partial charge in [-0.2, -0.15) is 0 Å². The zero-order valence-electron chi connectivity index (χ0n) is 40.4. The van der Waals surface area contributed by atoms with E-state index in [1.165, 1.54) is 180 Å². The van der Waals surface area contributed by atoms with E-state index in [2.05, 4.69) is 34.6 Å². The summed E-state index contributed by atoms with van der Waals surface area (Å²) in [5.41, 5.74) is 0. The number of esters is 3. The molecule has 0 aliphatic heterocycles. The van der Waals surface area contributed by atoms with Crippen molar-refractivity contribution in [1.82, 2.24) is 0 Å². The highest BCUT2D eigenvalue weighted by Crippen LogP contribution is 2.17. The molecule has 0 aromatic carbocycles. The number of unbranched alkanes of at least 4 members (excludes halogenated alkanes) is 32. The van der Waals surface area contributed by atoms with E-state index < -0.39 is 6.10 Å². The Hall–Kier alpha value is -1.59. The van der Waals surface area contributed by atoms with Gasteiger partial charge in [0.25, 0.3) is 0 Å². The van der Waals surface area contributed by atoms with Gasteiger partial charge in [0, 0.05) is 19.3 Å². The van der Waals surface area contributed by atoms with Crippen molar-refractivity contribution in [3.8, 4) is 0 Å². The number of hydrogen-bond acceptors (Lipinski definition) is 6. The van der Waals surface area contributed by atoms with Crippen molar-refractivity contribution in [2.24, 2.45) is 11.8 Å². The van der Waals surface area contributed by atoms with E-state index in [1.807, 2.05) is 0 Å². The molecule has 0 N–H and O–H groups in total. The summed E-state index contributed by atoms with van der Waals surface area (Å²) >= 11 is 0. The summed E-state index contributed by atoms with van der Waals surface area (Å²) in [6, 6.07) is 0. The summed E-state index contributed by atoms with van der Waals surface area (Å²) in [6.45, 7) is 11.3. The largest absolute Gasteiger partial charge is 0.462 e. The highest BCUT2D eigenvalue weighted by molar-refractivity contribution is 5.71. The van der Waals surface area contributed by atoms with E-state index in [1.54, 1.807) is 0 Å². The molecular formula is C53H102O6. The van der Waals surface area contributed by atoms with E-state index in [-0.39, 0.29) is 31.1 Å². The lowest BCUT2D eigenvalue weighted by atomic mass is 10.0. The average Bonchev–Trinajstić information content (AvgIpc) is 3.20. The van der Waals surface area contributed by atoms with Crippen LogP contribution >= 0.6 is 0 Å². The smallest absolute Gasteiger partial charge is 0.306 e. The second kappa shape index (κ2) is 45.9. The van der Waals surface area contributed by atoms with E-state index in [9.17, 15) is 14.4 Å². The fraction of sp³-hybridized carbons (Fsp3) is 0.943. The van der Waals surface area contributed by atoms with Crippen molar-refractivity contribution in [1.29, 1.82) is 0 Å². The summed E-state index contributed by atoms with van der Waals surface area (Å²) in [7, 11) is 0. The highest BCUT2D eigenvalue weighted by atomic mass is 16.6. The highest BCUT2D eigenvalue weighted by Gasteiger charge is 2.19. The average molecular weight is 835 g/mol. The maximum atomic E-state index is 12.7. The quantitative estimate of drug-likeness (QED) is 0.0345. The molecule has 6 heteroatoms. The van der Waals surface area contributed by atoms with Crippen LogP contribution in [-0.2, 0) is 28.6 Å². The zero-order valence-corrected chi connectivity index (χ0v) is 40.4. The molecule has 0 bridgehead atoms. The van der Waals surface area contributed by atoms with Crippen LogP contribution in [0.25, 0.3) is 0 Å². The molecule has 0 unspecified atom stereocenters. The second-order valence-corrected chi connectivity index (χ2v) is 19.1. The maximum Gasteiger partial charge on any atom is 0.306 e. The van der Waals surface area contributed by atoms with Gasteiger partial charge in [0.15, 0.2) is 6.10 Å². The Kier molecular flexibility index (Phi) is 44.7. The summed E-state index contributed by atoms with van der Waals surface area (Å²) in [6.07, 6.45) is 46.8. The number of carbonyl (C=O) groups excluding carboxylic acids is 3. The molecule has 0 aromatic heterocycles. The zero-order chi connectivity index (χ0) is 43.3. The Balaban J connectivity index is 4.22. The second-order valence-electron chi connectivity index (χ2n) is 19.1. The van der Waals surface area contributed by atoms with Crippen molar-refractivity contribution in [3.63, 3.8) is 0 Å². The van der Waals surface area contributed by atoms with Gasteiger partial charge in [-0.05, 0) is 31.1 Å². The molecule has 0 heterocycles. The molecule has 0 aliphatic carbocycles. The van der Waals surface area contributed by atoms with E-state index >= 15 is 0 Å². The van der Waals surface area contributed by atoms with Crippen LogP contribution in [-0.4, -0.2) is 37.2 Å². The Morgan fingerprint density at radius 2 is 0.559 bits per heavy atom. The first-order valence-corrected chi connectivity index (χ1v) is 26.2. The van der Waals surface area contributed by atoms with Crippen molar-refractivity contribution in [3.05, 3.63) is 0 Å². The maximum absolute atomic E-state index is 12.7. The van der Waals surface area contributed by atoms with Crippen molar-refractivity contribution in [2.45, 2.75) is 298 Å². The third-order valence-corrected chi connectivity index (χ3v) is 12.0. The van der Waals surface area contributed by atoms with Crippen molar-refractivity contribution < 1.29 is 28.6 Å². The van der Waals surface area contributed by atoms with Gasteiger partial charge in [0.05, 0.1) is 0 Å². The minimum atomic E-state index is -0.762. The SMILES string of the molecule is CCCCCCCCCCCCCCCCCCCCC(=O)OC[C@@H](COC(=O)CCCCCCCCCCCCCC(C)C)OC(=O)CCCCCCCCC(C)C. The molecule has 1 atom stereocenters. The molecule has 6 nitrogen and oxygen atoms in total. The molecule has 59 heavy (non-hydrogen) atoms. The van der Waals surface area contributed by atoms with Crippen LogP contribution in [0, 0.1) is 11.8 Å². The van der Waals surface area contributed by atoms with E-state index in [0.717, 1.165) is 69.6 Å². The first kappa shape index (κ1) is 57.4. The van der Waals surface area contributed by atoms with Crippen LogP contribution in [0.1, 0.15) is 291 Å².